The second kappa shape index (κ2) is 7.68. The molecule has 0 spiro atoms. The third kappa shape index (κ3) is 3.43. The number of benzene rings is 2. The summed E-state index contributed by atoms with van der Waals surface area (Å²) in [6.07, 6.45) is 0. The minimum Gasteiger partial charge on any atom is -0.480 e. The number of ether oxygens (including phenoxy) is 1. The van der Waals surface area contributed by atoms with Crippen LogP contribution < -0.4 is 0 Å². The van der Waals surface area contributed by atoms with Crippen LogP contribution in [0.3, 0.4) is 0 Å². The van der Waals surface area contributed by atoms with Crippen molar-refractivity contribution in [3.63, 3.8) is 0 Å². The predicted molar refractivity (Wildman–Crippen MR) is 104 cm³/mol. The predicted octanol–water partition coefficient (Wildman–Crippen LogP) is 2.98. The lowest BCUT2D eigenvalue weighted by atomic mass is 10.0. The molecule has 4 rings (SSSR count). The molecule has 1 atom stereocenters. The average molecular weight is 368 g/mol. The molecule has 3 aromatic rings. The van der Waals surface area contributed by atoms with Crippen molar-refractivity contribution in [1.29, 1.82) is 0 Å². The van der Waals surface area contributed by atoms with E-state index < -0.39 is 12.0 Å². The standard InChI is InChI=1S/C21H24N2O4/c1-26-14-13-22-9-11-23(12-10-22)19(21(24)25)17-7-4-6-16-15-5-2-3-8-18(15)27-20(16)17/h2-8,19H,9-14H2,1H3,(H,24,25)/t19-/m1/s1. The van der Waals surface area contributed by atoms with Crippen molar-refractivity contribution in [2.45, 2.75) is 6.04 Å². The molecule has 6 nitrogen and oxygen atoms in total. The monoisotopic (exact) mass is 368 g/mol. The van der Waals surface area contributed by atoms with E-state index in [1.165, 1.54) is 0 Å². The molecule has 1 saturated heterocycles. The van der Waals surface area contributed by atoms with Crippen LogP contribution >= 0.6 is 0 Å². The molecule has 1 N–H and O–H groups in total. The Balaban J connectivity index is 1.66. The molecular formula is C21H24N2O4. The summed E-state index contributed by atoms with van der Waals surface area (Å²) in [6, 6.07) is 12.9. The van der Waals surface area contributed by atoms with Gasteiger partial charge in [-0.25, -0.2) is 0 Å². The maximum absolute atomic E-state index is 12.2. The number of aliphatic carboxylic acids is 1. The number of furan rings is 1. The number of carboxylic acids is 1. The van der Waals surface area contributed by atoms with Crippen LogP contribution in [0.5, 0.6) is 0 Å². The molecule has 142 valence electrons. The van der Waals surface area contributed by atoms with Crippen molar-refractivity contribution in [3.8, 4) is 0 Å². The highest BCUT2D eigenvalue weighted by Gasteiger charge is 2.32. The summed E-state index contributed by atoms with van der Waals surface area (Å²) < 4.78 is 11.2. The number of hydrogen-bond acceptors (Lipinski definition) is 5. The fourth-order valence-electron chi connectivity index (χ4n) is 3.94. The first kappa shape index (κ1) is 18.0. The van der Waals surface area contributed by atoms with Gasteiger partial charge >= 0.3 is 5.97 Å². The molecule has 1 fully saturated rings. The Labute approximate surface area is 157 Å². The first-order valence-corrected chi connectivity index (χ1v) is 9.27. The van der Waals surface area contributed by atoms with Gasteiger partial charge in [0.05, 0.1) is 6.61 Å². The van der Waals surface area contributed by atoms with E-state index in [-0.39, 0.29) is 0 Å². The van der Waals surface area contributed by atoms with Gasteiger partial charge in [-0.2, -0.15) is 0 Å². The minimum absolute atomic E-state index is 0.674. The molecule has 1 aliphatic rings. The lowest BCUT2D eigenvalue weighted by Crippen LogP contribution is -2.49. The smallest absolute Gasteiger partial charge is 0.325 e. The van der Waals surface area contributed by atoms with E-state index in [2.05, 4.69) is 4.90 Å². The van der Waals surface area contributed by atoms with Crippen molar-refractivity contribution in [1.82, 2.24) is 9.80 Å². The van der Waals surface area contributed by atoms with Crippen LogP contribution in [0.2, 0.25) is 0 Å². The van der Waals surface area contributed by atoms with Crippen LogP contribution in [0, 0.1) is 0 Å². The van der Waals surface area contributed by atoms with Crippen molar-refractivity contribution < 1.29 is 19.1 Å². The highest BCUT2D eigenvalue weighted by atomic mass is 16.5. The SMILES string of the molecule is COCCN1CCN([C@@H](C(=O)O)c2cccc3c2oc2ccccc23)CC1. The van der Waals surface area contributed by atoms with Gasteiger partial charge in [-0.05, 0) is 6.07 Å². The van der Waals surface area contributed by atoms with Crippen LogP contribution in [0.1, 0.15) is 11.6 Å². The van der Waals surface area contributed by atoms with Gasteiger partial charge in [0.1, 0.15) is 17.2 Å². The molecule has 0 saturated carbocycles. The summed E-state index contributed by atoms with van der Waals surface area (Å²) in [5.74, 6) is -0.840. The topological polar surface area (TPSA) is 66.2 Å². The zero-order chi connectivity index (χ0) is 18.8. The number of hydrogen-bond donors (Lipinski definition) is 1. The van der Waals surface area contributed by atoms with Crippen molar-refractivity contribution in [2.24, 2.45) is 0 Å². The molecule has 1 aliphatic heterocycles. The molecule has 0 unspecified atom stereocenters. The Bertz CT molecular complexity index is 944. The first-order chi connectivity index (χ1) is 13.2. The normalized spacial score (nSPS) is 17.5. The fourth-order valence-corrected chi connectivity index (χ4v) is 3.94. The van der Waals surface area contributed by atoms with Gasteiger partial charge in [0.25, 0.3) is 0 Å². The Morgan fingerprint density at radius 3 is 2.59 bits per heavy atom. The van der Waals surface area contributed by atoms with Crippen LogP contribution in [0.15, 0.2) is 46.9 Å². The maximum Gasteiger partial charge on any atom is 0.325 e. The van der Waals surface area contributed by atoms with E-state index >= 15 is 0 Å². The number of fused-ring (bicyclic) bond motifs is 3. The molecule has 0 radical (unpaired) electrons. The zero-order valence-electron chi connectivity index (χ0n) is 15.4. The van der Waals surface area contributed by atoms with E-state index in [0.717, 1.165) is 41.6 Å². The summed E-state index contributed by atoms with van der Waals surface area (Å²) >= 11 is 0. The Kier molecular flexibility index (Phi) is 5.11. The lowest BCUT2D eigenvalue weighted by molar-refractivity contribution is -0.144. The average Bonchev–Trinajstić information content (AvgIpc) is 3.07. The van der Waals surface area contributed by atoms with E-state index in [1.54, 1.807) is 7.11 Å². The molecule has 27 heavy (non-hydrogen) atoms. The quantitative estimate of drug-likeness (QED) is 0.722. The number of para-hydroxylation sites is 2. The van der Waals surface area contributed by atoms with Gasteiger partial charge in [-0.1, -0.05) is 36.4 Å². The maximum atomic E-state index is 12.2. The van der Waals surface area contributed by atoms with Gasteiger partial charge < -0.3 is 14.3 Å². The fraction of sp³-hybridized carbons (Fsp3) is 0.381. The number of rotatable bonds is 6. The van der Waals surface area contributed by atoms with Crippen LogP contribution in [0.4, 0.5) is 0 Å². The van der Waals surface area contributed by atoms with Gasteiger partial charge in [-0.3, -0.25) is 14.6 Å². The molecule has 0 aliphatic carbocycles. The second-order valence-electron chi connectivity index (χ2n) is 6.93. The van der Waals surface area contributed by atoms with Crippen molar-refractivity contribution in [2.75, 3.05) is 46.4 Å². The van der Waals surface area contributed by atoms with Crippen LogP contribution in [0.25, 0.3) is 21.9 Å². The number of methoxy groups -OCH3 is 1. The Morgan fingerprint density at radius 1 is 1.11 bits per heavy atom. The molecule has 1 aromatic heterocycles. The number of carbonyl (C=O) groups is 1. The summed E-state index contributed by atoms with van der Waals surface area (Å²) in [5.41, 5.74) is 2.18. The second-order valence-corrected chi connectivity index (χ2v) is 6.93. The van der Waals surface area contributed by atoms with Gasteiger partial charge in [0.15, 0.2) is 0 Å². The summed E-state index contributed by atoms with van der Waals surface area (Å²) in [6.45, 7) is 4.66. The lowest BCUT2D eigenvalue weighted by Gasteiger charge is -2.37. The van der Waals surface area contributed by atoms with E-state index in [1.807, 2.05) is 47.4 Å². The number of piperazine rings is 1. The molecule has 2 aromatic carbocycles. The summed E-state index contributed by atoms with van der Waals surface area (Å²) in [5, 5.41) is 12.0. The molecule has 2 heterocycles. The number of carboxylic acid groups (broad SMARTS) is 1. The van der Waals surface area contributed by atoms with E-state index in [0.29, 0.717) is 25.3 Å². The van der Waals surface area contributed by atoms with Crippen molar-refractivity contribution in [3.05, 3.63) is 48.0 Å². The summed E-state index contributed by atoms with van der Waals surface area (Å²) in [7, 11) is 1.70. The summed E-state index contributed by atoms with van der Waals surface area (Å²) in [4.78, 5) is 16.5. The van der Waals surface area contributed by atoms with Crippen LogP contribution in [-0.4, -0.2) is 67.3 Å². The van der Waals surface area contributed by atoms with Crippen LogP contribution in [-0.2, 0) is 9.53 Å². The Hall–Kier alpha value is -2.41. The molecule has 6 heteroatoms. The largest absolute Gasteiger partial charge is 0.480 e. The first-order valence-electron chi connectivity index (χ1n) is 9.27. The van der Waals surface area contributed by atoms with Gasteiger partial charge in [0, 0.05) is 56.2 Å². The molecule has 0 amide bonds. The van der Waals surface area contributed by atoms with E-state index in [9.17, 15) is 9.90 Å². The highest BCUT2D eigenvalue weighted by Crippen LogP contribution is 2.35. The minimum atomic E-state index is -0.840. The van der Waals surface area contributed by atoms with Crippen molar-refractivity contribution >= 4 is 27.9 Å². The van der Waals surface area contributed by atoms with Gasteiger partial charge in [0.2, 0.25) is 0 Å². The molecule has 0 bridgehead atoms. The highest BCUT2D eigenvalue weighted by molar-refractivity contribution is 6.06. The van der Waals surface area contributed by atoms with E-state index in [4.69, 9.17) is 9.15 Å². The zero-order valence-corrected chi connectivity index (χ0v) is 15.4. The molecular weight excluding hydrogens is 344 g/mol. The Morgan fingerprint density at radius 2 is 1.85 bits per heavy atom. The third-order valence-corrected chi connectivity index (χ3v) is 5.35. The number of nitrogens with zero attached hydrogens (tertiary/aromatic N) is 2. The van der Waals surface area contributed by atoms with Gasteiger partial charge in [-0.15, -0.1) is 0 Å². The third-order valence-electron chi connectivity index (χ3n) is 5.35.